The van der Waals surface area contributed by atoms with Crippen molar-refractivity contribution in [2.75, 3.05) is 6.61 Å². The van der Waals surface area contributed by atoms with Crippen LogP contribution >= 0.6 is 0 Å². The molecule has 0 unspecified atom stereocenters. The highest BCUT2D eigenvalue weighted by molar-refractivity contribution is 5.97. The molecule has 31 heavy (non-hydrogen) atoms. The second kappa shape index (κ2) is 8.45. The van der Waals surface area contributed by atoms with Crippen molar-refractivity contribution in [2.24, 2.45) is 11.5 Å². The van der Waals surface area contributed by atoms with Crippen molar-refractivity contribution in [1.82, 2.24) is 4.57 Å². The lowest BCUT2D eigenvalue weighted by atomic mass is 9.99. The number of nitrogens with two attached hydrogens (primary N) is 2. The summed E-state index contributed by atoms with van der Waals surface area (Å²) in [7, 11) is 0. The summed E-state index contributed by atoms with van der Waals surface area (Å²) in [6.45, 7) is 2.81. The number of carbonyl (C=O) groups is 1. The second-order valence-electron chi connectivity index (χ2n) is 7.11. The number of nitrogens with zero attached hydrogens (tertiary/aromatic N) is 1. The third-order valence-corrected chi connectivity index (χ3v) is 5.21. The molecule has 0 atom stereocenters. The van der Waals surface area contributed by atoms with Gasteiger partial charge in [-0.05, 0) is 36.8 Å². The minimum atomic E-state index is -0.768. The molecule has 0 spiro atoms. The molecule has 156 valence electrons. The summed E-state index contributed by atoms with van der Waals surface area (Å²) < 4.78 is 7.68. The molecule has 1 aromatic heterocycles. The Bertz CT molecular complexity index is 1340. The molecule has 3 aromatic carbocycles. The van der Waals surface area contributed by atoms with Gasteiger partial charge in [0.2, 0.25) is 5.43 Å². The van der Waals surface area contributed by atoms with E-state index in [1.165, 1.54) is 6.20 Å². The van der Waals surface area contributed by atoms with Crippen molar-refractivity contribution in [3.63, 3.8) is 0 Å². The smallest absolute Gasteiger partial charge is 0.254 e. The number of primary amides is 1. The molecule has 0 aliphatic carbocycles. The van der Waals surface area contributed by atoms with Crippen LogP contribution in [0.5, 0.6) is 5.75 Å². The van der Waals surface area contributed by atoms with Gasteiger partial charge in [-0.15, -0.1) is 0 Å². The average molecular weight is 413 g/mol. The molecule has 0 bridgehead atoms. The van der Waals surface area contributed by atoms with E-state index < -0.39 is 5.91 Å². The van der Waals surface area contributed by atoms with Crippen LogP contribution in [-0.4, -0.2) is 17.1 Å². The zero-order valence-electron chi connectivity index (χ0n) is 17.2. The van der Waals surface area contributed by atoms with Gasteiger partial charge in [-0.1, -0.05) is 42.5 Å². The molecule has 1 amide bonds. The Morgan fingerprint density at radius 2 is 1.74 bits per heavy atom. The van der Waals surface area contributed by atoms with E-state index in [1.54, 1.807) is 12.1 Å². The van der Waals surface area contributed by atoms with Crippen LogP contribution in [0.15, 0.2) is 77.7 Å². The van der Waals surface area contributed by atoms with Crippen LogP contribution in [-0.2, 0) is 6.54 Å². The highest BCUT2D eigenvalue weighted by atomic mass is 16.5. The number of amides is 1. The molecule has 6 nitrogen and oxygen atoms in total. The first-order valence-electron chi connectivity index (χ1n) is 10.0. The summed E-state index contributed by atoms with van der Waals surface area (Å²) in [6, 6.07) is 20.8. The number of hydrogen-bond donors (Lipinski definition) is 2. The van der Waals surface area contributed by atoms with Crippen molar-refractivity contribution in [3.8, 4) is 22.6 Å². The Balaban J connectivity index is 2.11. The van der Waals surface area contributed by atoms with Crippen molar-refractivity contribution in [3.05, 3.63) is 94.3 Å². The zero-order chi connectivity index (χ0) is 22.0. The van der Waals surface area contributed by atoms with Gasteiger partial charge in [0.05, 0.1) is 17.8 Å². The predicted molar refractivity (Wildman–Crippen MR) is 123 cm³/mol. The number of para-hydroxylation sites is 2. The third kappa shape index (κ3) is 3.69. The van der Waals surface area contributed by atoms with E-state index in [0.717, 1.165) is 28.1 Å². The molecule has 4 rings (SSSR count). The number of ether oxygens (including phenoxy) is 1. The van der Waals surface area contributed by atoms with Crippen LogP contribution in [0.3, 0.4) is 0 Å². The van der Waals surface area contributed by atoms with Crippen LogP contribution in [0.1, 0.15) is 22.8 Å². The molecule has 6 heteroatoms. The van der Waals surface area contributed by atoms with Gasteiger partial charge in [0.1, 0.15) is 11.3 Å². The van der Waals surface area contributed by atoms with E-state index in [1.807, 2.05) is 66.1 Å². The summed E-state index contributed by atoms with van der Waals surface area (Å²) in [5.74, 6) is -0.0250. The summed E-state index contributed by atoms with van der Waals surface area (Å²) in [4.78, 5) is 24.9. The van der Waals surface area contributed by atoms with Gasteiger partial charge < -0.3 is 20.8 Å². The summed E-state index contributed by atoms with van der Waals surface area (Å²) in [6.07, 6.45) is 1.51. The van der Waals surface area contributed by atoms with E-state index in [0.29, 0.717) is 24.1 Å². The molecule has 0 aliphatic heterocycles. The lowest BCUT2D eigenvalue weighted by Crippen LogP contribution is -2.24. The van der Waals surface area contributed by atoms with Crippen molar-refractivity contribution < 1.29 is 9.53 Å². The number of aromatic nitrogens is 1. The van der Waals surface area contributed by atoms with Gasteiger partial charge in [-0.2, -0.15) is 0 Å². The molecule has 0 fully saturated rings. The number of carbonyl (C=O) groups excluding carboxylic acids is 1. The molecule has 1 heterocycles. The van der Waals surface area contributed by atoms with E-state index in [-0.39, 0.29) is 11.0 Å². The fraction of sp³-hybridized carbons (Fsp3) is 0.120. The van der Waals surface area contributed by atoms with Crippen LogP contribution < -0.4 is 21.6 Å². The minimum absolute atomic E-state index is 0.0686. The van der Waals surface area contributed by atoms with Crippen molar-refractivity contribution >= 4 is 16.8 Å². The monoisotopic (exact) mass is 413 g/mol. The Hall–Kier alpha value is -3.90. The van der Waals surface area contributed by atoms with Crippen LogP contribution in [0.2, 0.25) is 0 Å². The maximum absolute atomic E-state index is 12.8. The van der Waals surface area contributed by atoms with Crippen LogP contribution in [0.25, 0.3) is 27.7 Å². The summed E-state index contributed by atoms with van der Waals surface area (Å²) in [5, 5.41) is 0.418. The standard InChI is InChI=1S/C25H23N3O3/c1-2-31-23-10-6-4-7-18(23)17-12-11-16(14-26)13-22(17)28-15-20(25(27)30)24(29)19-8-3-5-9-21(19)28/h3-13,15H,2,14,26H2,1H3,(H2,27,30). The Kier molecular flexibility index (Phi) is 5.56. The highest BCUT2D eigenvalue weighted by Gasteiger charge is 2.18. The molecule has 4 aromatic rings. The maximum Gasteiger partial charge on any atom is 0.254 e. The molecular formula is C25H23N3O3. The first-order valence-corrected chi connectivity index (χ1v) is 10.0. The van der Waals surface area contributed by atoms with E-state index >= 15 is 0 Å². The number of rotatable bonds is 6. The molecule has 0 radical (unpaired) electrons. The Morgan fingerprint density at radius 1 is 1.00 bits per heavy atom. The van der Waals surface area contributed by atoms with E-state index in [2.05, 4.69) is 0 Å². The number of hydrogen-bond acceptors (Lipinski definition) is 4. The van der Waals surface area contributed by atoms with Gasteiger partial charge in [0.15, 0.2) is 0 Å². The zero-order valence-corrected chi connectivity index (χ0v) is 17.2. The van der Waals surface area contributed by atoms with E-state index in [9.17, 15) is 9.59 Å². The topological polar surface area (TPSA) is 100 Å². The quantitative estimate of drug-likeness (QED) is 0.504. The minimum Gasteiger partial charge on any atom is -0.493 e. The highest BCUT2D eigenvalue weighted by Crippen LogP contribution is 2.35. The van der Waals surface area contributed by atoms with Crippen LogP contribution in [0, 0.1) is 0 Å². The maximum atomic E-state index is 12.8. The van der Waals surface area contributed by atoms with Gasteiger partial charge in [0, 0.05) is 29.3 Å². The lowest BCUT2D eigenvalue weighted by Gasteiger charge is -2.19. The SMILES string of the molecule is CCOc1ccccc1-c1ccc(CN)cc1-n1cc(C(N)=O)c(=O)c2ccccc21. The normalized spacial score (nSPS) is 10.9. The Morgan fingerprint density at radius 3 is 2.48 bits per heavy atom. The van der Waals surface area contributed by atoms with Crippen molar-refractivity contribution in [1.29, 1.82) is 0 Å². The van der Waals surface area contributed by atoms with E-state index in [4.69, 9.17) is 16.2 Å². The first kappa shape index (κ1) is 20.4. The number of benzene rings is 3. The first-order chi connectivity index (χ1) is 15.0. The molecule has 0 saturated heterocycles. The summed E-state index contributed by atoms with van der Waals surface area (Å²) in [5.41, 5.74) is 15.1. The molecule has 0 aliphatic rings. The van der Waals surface area contributed by atoms with Gasteiger partial charge in [-0.25, -0.2) is 0 Å². The average Bonchev–Trinajstić information content (AvgIpc) is 2.79. The predicted octanol–water partition coefficient (Wildman–Crippen LogP) is 3.61. The molecule has 0 saturated carbocycles. The Labute approximate surface area is 179 Å². The largest absolute Gasteiger partial charge is 0.493 e. The lowest BCUT2D eigenvalue weighted by molar-refractivity contribution is 0.0999. The fourth-order valence-electron chi connectivity index (χ4n) is 3.75. The van der Waals surface area contributed by atoms with Crippen LogP contribution in [0.4, 0.5) is 0 Å². The fourth-order valence-corrected chi connectivity index (χ4v) is 3.75. The third-order valence-electron chi connectivity index (χ3n) is 5.21. The number of fused-ring (bicyclic) bond motifs is 1. The van der Waals surface area contributed by atoms with Gasteiger partial charge in [-0.3, -0.25) is 9.59 Å². The van der Waals surface area contributed by atoms with Gasteiger partial charge >= 0.3 is 0 Å². The second-order valence-corrected chi connectivity index (χ2v) is 7.11. The number of pyridine rings is 1. The molecule has 4 N–H and O–H groups in total. The van der Waals surface area contributed by atoms with Gasteiger partial charge in [0.25, 0.3) is 5.91 Å². The van der Waals surface area contributed by atoms with Crippen molar-refractivity contribution in [2.45, 2.75) is 13.5 Å². The molecular weight excluding hydrogens is 390 g/mol. The summed E-state index contributed by atoms with van der Waals surface area (Å²) >= 11 is 0.